The number of nitrogens with zero attached hydrogens (tertiary/aromatic N) is 3. The zero-order valence-electron chi connectivity index (χ0n) is 15.4. The number of unbranched alkanes of at least 4 members (excludes halogenated alkanes) is 1. The monoisotopic (exact) mass is 472 g/mol. The maximum absolute atomic E-state index is 10.7. The van der Waals surface area contributed by atoms with Gasteiger partial charge in [0.1, 0.15) is 0 Å². The number of benzene rings is 1. The van der Waals surface area contributed by atoms with Gasteiger partial charge in [0.2, 0.25) is 0 Å². The molecule has 1 saturated heterocycles. The second-order valence-corrected chi connectivity index (χ2v) is 7.38. The third kappa shape index (κ3) is 5.08. The molecule has 7 heteroatoms. The summed E-state index contributed by atoms with van der Waals surface area (Å²) in [7, 11) is 1.87. The van der Waals surface area contributed by atoms with Gasteiger partial charge in [-0.2, -0.15) is 0 Å². The molecule has 1 N–H and O–H groups in total. The quantitative estimate of drug-likeness (QED) is 0.170. The van der Waals surface area contributed by atoms with Crippen molar-refractivity contribution < 1.29 is 4.92 Å². The van der Waals surface area contributed by atoms with Gasteiger partial charge in [0, 0.05) is 38.8 Å². The number of nitro groups is 1. The summed E-state index contributed by atoms with van der Waals surface area (Å²) in [6.07, 6.45) is 8.55. The Balaban J connectivity index is 0.00000243. The predicted molar refractivity (Wildman–Crippen MR) is 115 cm³/mol. The van der Waals surface area contributed by atoms with E-state index in [1.54, 1.807) is 12.1 Å². The van der Waals surface area contributed by atoms with E-state index in [0.717, 1.165) is 50.4 Å². The number of guanidine groups is 1. The fraction of sp³-hybridized carbons (Fsp3) is 0.632. The number of halogens is 1. The number of nitro benzene ring substituents is 1. The van der Waals surface area contributed by atoms with Crippen LogP contribution in [0.2, 0.25) is 0 Å². The Labute approximate surface area is 172 Å². The van der Waals surface area contributed by atoms with Gasteiger partial charge in [-0.05, 0) is 49.5 Å². The van der Waals surface area contributed by atoms with E-state index in [1.165, 1.54) is 25.7 Å². The lowest BCUT2D eigenvalue weighted by Gasteiger charge is -2.38. The van der Waals surface area contributed by atoms with Gasteiger partial charge in [0.05, 0.1) is 4.92 Å². The second-order valence-electron chi connectivity index (χ2n) is 7.38. The van der Waals surface area contributed by atoms with Crippen molar-refractivity contribution in [2.75, 3.05) is 26.7 Å². The molecule has 1 aliphatic carbocycles. The van der Waals surface area contributed by atoms with E-state index >= 15 is 0 Å². The van der Waals surface area contributed by atoms with E-state index in [4.69, 9.17) is 0 Å². The second kappa shape index (κ2) is 9.53. The summed E-state index contributed by atoms with van der Waals surface area (Å²) in [6, 6.07) is 6.87. The van der Waals surface area contributed by atoms with Gasteiger partial charge in [0.15, 0.2) is 5.96 Å². The summed E-state index contributed by atoms with van der Waals surface area (Å²) in [4.78, 5) is 17.2. The highest BCUT2D eigenvalue weighted by Gasteiger charge is 2.43. The Morgan fingerprint density at radius 2 is 2.00 bits per heavy atom. The summed E-state index contributed by atoms with van der Waals surface area (Å²) < 4.78 is 0. The van der Waals surface area contributed by atoms with Crippen LogP contribution in [-0.4, -0.2) is 42.5 Å². The van der Waals surface area contributed by atoms with Gasteiger partial charge in [-0.1, -0.05) is 18.6 Å². The summed E-state index contributed by atoms with van der Waals surface area (Å²) >= 11 is 0. The number of likely N-dealkylation sites (tertiary alicyclic amines) is 1. The van der Waals surface area contributed by atoms with Crippen molar-refractivity contribution in [3.8, 4) is 0 Å². The van der Waals surface area contributed by atoms with Gasteiger partial charge in [-0.15, -0.1) is 24.0 Å². The standard InChI is InChI=1S/C19H28N4O2.HI/c1-20-18(22-14-12-19(15-22)10-4-11-19)21-13-3-2-5-16-6-8-17(9-7-16)23(24)25;/h6-9H,2-5,10-15H2,1H3,(H,20,21);1H. The summed E-state index contributed by atoms with van der Waals surface area (Å²) in [5, 5.41) is 14.2. The zero-order valence-corrected chi connectivity index (χ0v) is 17.8. The number of nitrogens with one attached hydrogen (secondary N) is 1. The van der Waals surface area contributed by atoms with Crippen molar-refractivity contribution in [2.24, 2.45) is 10.4 Å². The molecule has 0 unspecified atom stereocenters. The van der Waals surface area contributed by atoms with Crippen molar-refractivity contribution in [2.45, 2.75) is 44.9 Å². The van der Waals surface area contributed by atoms with E-state index < -0.39 is 0 Å². The van der Waals surface area contributed by atoms with E-state index in [9.17, 15) is 10.1 Å². The van der Waals surface area contributed by atoms with E-state index in [-0.39, 0.29) is 34.6 Å². The van der Waals surface area contributed by atoms with Crippen LogP contribution in [0.4, 0.5) is 5.69 Å². The third-order valence-corrected chi connectivity index (χ3v) is 5.69. The molecule has 0 bridgehead atoms. The molecule has 1 aliphatic heterocycles. The third-order valence-electron chi connectivity index (χ3n) is 5.69. The van der Waals surface area contributed by atoms with Crippen molar-refractivity contribution in [3.05, 3.63) is 39.9 Å². The molecule has 0 amide bonds. The van der Waals surface area contributed by atoms with Crippen molar-refractivity contribution in [1.29, 1.82) is 0 Å². The fourth-order valence-corrected chi connectivity index (χ4v) is 3.97. The molecule has 1 spiro atoms. The molecule has 2 aliphatic rings. The topological polar surface area (TPSA) is 70.8 Å². The minimum atomic E-state index is -0.356. The average Bonchev–Trinajstić information content (AvgIpc) is 3.04. The zero-order chi connectivity index (χ0) is 17.7. The number of aliphatic imine (C=N–C) groups is 1. The Morgan fingerprint density at radius 1 is 1.27 bits per heavy atom. The van der Waals surface area contributed by atoms with Gasteiger partial charge >= 0.3 is 0 Å². The van der Waals surface area contributed by atoms with Crippen molar-refractivity contribution in [3.63, 3.8) is 0 Å². The average molecular weight is 472 g/mol. The molecule has 0 atom stereocenters. The van der Waals surface area contributed by atoms with Crippen LogP contribution < -0.4 is 5.32 Å². The first-order chi connectivity index (χ1) is 12.1. The Bertz CT molecular complexity index is 629. The number of aryl methyl sites for hydroxylation is 1. The van der Waals surface area contributed by atoms with Crippen LogP contribution in [0.25, 0.3) is 0 Å². The molecule has 0 radical (unpaired) electrons. The lowest BCUT2D eigenvalue weighted by molar-refractivity contribution is -0.384. The first-order valence-electron chi connectivity index (χ1n) is 9.31. The fourth-order valence-electron chi connectivity index (χ4n) is 3.97. The minimum Gasteiger partial charge on any atom is -0.356 e. The maximum atomic E-state index is 10.7. The Hall–Kier alpha value is -1.38. The van der Waals surface area contributed by atoms with Gasteiger partial charge in [0.25, 0.3) is 5.69 Å². The lowest BCUT2D eigenvalue weighted by atomic mass is 9.68. The molecule has 3 rings (SSSR count). The summed E-state index contributed by atoms with van der Waals surface area (Å²) in [5.74, 6) is 1.04. The molecular formula is C19H29IN4O2. The number of rotatable bonds is 6. The van der Waals surface area contributed by atoms with Gasteiger partial charge in [-0.3, -0.25) is 15.1 Å². The van der Waals surface area contributed by atoms with Crippen molar-refractivity contribution in [1.82, 2.24) is 10.2 Å². The van der Waals surface area contributed by atoms with Crippen LogP contribution in [0.1, 0.15) is 44.1 Å². The highest BCUT2D eigenvalue weighted by Crippen LogP contribution is 2.47. The highest BCUT2D eigenvalue weighted by atomic mass is 127. The van der Waals surface area contributed by atoms with Crippen LogP contribution in [0.3, 0.4) is 0 Å². The molecular weight excluding hydrogens is 443 g/mol. The van der Waals surface area contributed by atoms with Crippen molar-refractivity contribution >= 4 is 35.6 Å². The first-order valence-corrected chi connectivity index (χ1v) is 9.31. The molecule has 26 heavy (non-hydrogen) atoms. The molecule has 2 fully saturated rings. The van der Waals surface area contributed by atoms with E-state index in [0.29, 0.717) is 5.41 Å². The van der Waals surface area contributed by atoms with Gasteiger partial charge in [-0.25, -0.2) is 0 Å². The number of hydrogen-bond acceptors (Lipinski definition) is 3. The minimum absolute atomic E-state index is 0. The predicted octanol–water partition coefficient (Wildman–Crippen LogP) is 3.99. The largest absolute Gasteiger partial charge is 0.356 e. The SMILES string of the molecule is CN=C(NCCCCc1ccc([N+](=O)[O-])cc1)N1CCC2(CCC2)C1.I. The van der Waals surface area contributed by atoms with Crippen LogP contribution in [0.15, 0.2) is 29.3 Å². The molecule has 6 nitrogen and oxygen atoms in total. The first kappa shape index (κ1) is 20.9. The molecule has 0 aromatic heterocycles. The molecule has 1 aromatic carbocycles. The Morgan fingerprint density at radius 3 is 2.54 bits per heavy atom. The Kier molecular flexibility index (Phi) is 7.67. The van der Waals surface area contributed by atoms with Crippen LogP contribution in [0.5, 0.6) is 0 Å². The molecule has 1 heterocycles. The lowest BCUT2D eigenvalue weighted by Crippen LogP contribution is -2.42. The van der Waals surface area contributed by atoms with Crippen LogP contribution in [-0.2, 0) is 6.42 Å². The highest BCUT2D eigenvalue weighted by molar-refractivity contribution is 14.0. The number of non-ortho nitro benzene ring substituents is 1. The normalized spacial score (nSPS) is 18.3. The van der Waals surface area contributed by atoms with Gasteiger partial charge < -0.3 is 10.2 Å². The van der Waals surface area contributed by atoms with E-state index in [1.807, 2.05) is 19.2 Å². The van der Waals surface area contributed by atoms with Crippen LogP contribution >= 0.6 is 24.0 Å². The van der Waals surface area contributed by atoms with E-state index in [2.05, 4.69) is 15.2 Å². The van der Waals surface area contributed by atoms with Crippen LogP contribution in [0, 0.1) is 15.5 Å². The summed E-state index contributed by atoms with van der Waals surface area (Å²) in [6.45, 7) is 3.21. The maximum Gasteiger partial charge on any atom is 0.269 e. The summed E-state index contributed by atoms with van der Waals surface area (Å²) in [5.41, 5.74) is 1.90. The molecule has 1 aromatic rings. The number of hydrogen-bond donors (Lipinski definition) is 1. The molecule has 144 valence electrons. The smallest absolute Gasteiger partial charge is 0.269 e. The molecule has 1 saturated carbocycles.